The van der Waals surface area contributed by atoms with Gasteiger partial charge in [-0.2, -0.15) is 0 Å². The maximum atomic E-state index is 13.2. The van der Waals surface area contributed by atoms with Crippen molar-refractivity contribution in [3.8, 4) is 17.0 Å². The minimum atomic E-state index is -3.54. The smallest absolute Gasteiger partial charge is 0.265 e. The Morgan fingerprint density at radius 3 is 2.47 bits per heavy atom. The van der Waals surface area contributed by atoms with Crippen LogP contribution in [-0.2, 0) is 16.4 Å². The first-order chi connectivity index (χ1) is 18.0. The van der Waals surface area contributed by atoms with Gasteiger partial charge in [0.25, 0.3) is 11.8 Å². The zero-order valence-electron chi connectivity index (χ0n) is 20.8. The zero-order valence-corrected chi connectivity index (χ0v) is 23.2. The molecule has 0 aliphatic heterocycles. The molecule has 2 amide bonds. The number of sulfone groups is 1. The van der Waals surface area contributed by atoms with E-state index < -0.39 is 15.7 Å². The van der Waals surface area contributed by atoms with E-state index >= 15 is 0 Å². The summed E-state index contributed by atoms with van der Waals surface area (Å²) in [5.74, 6) is -0.370. The fourth-order valence-electron chi connectivity index (χ4n) is 3.53. The van der Waals surface area contributed by atoms with Crippen LogP contribution in [0.2, 0.25) is 5.02 Å². The molecule has 0 unspecified atom stereocenters. The topological polar surface area (TPSA) is 106 Å². The highest BCUT2D eigenvalue weighted by Crippen LogP contribution is 2.37. The van der Waals surface area contributed by atoms with E-state index in [0.717, 1.165) is 23.2 Å². The van der Waals surface area contributed by atoms with Crippen LogP contribution in [-0.4, -0.2) is 50.5 Å². The summed E-state index contributed by atoms with van der Waals surface area (Å²) >= 11 is 7.08. The monoisotopic (exact) mass is 569 g/mol. The average molecular weight is 570 g/mol. The van der Waals surface area contributed by atoms with E-state index in [0.29, 0.717) is 28.5 Å². The van der Waals surface area contributed by atoms with Crippen molar-refractivity contribution in [2.24, 2.45) is 0 Å². The molecule has 0 aliphatic rings. The van der Waals surface area contributed by atoms with Crippen LogP contribution in [0, 0.1) is 0 Å². The molecule has 196 valence electrons. The molecule has 4 aromatic rings. The molecule has 0 radical (unpaired) electrons. The lowest BCUT2D eigenvalue weighted by Crippen LogP contribution is -2.21. The lowest BCUT2D eigenvalue weighted by atomic mass is 10.1. The number of nitrogens with one attached hydrogen (secondary N) is 1. The Bertz CT molecular complexity index is 1600. The van der Waals surface area contributed by atoms with Crippen molar-refractivity contribution in [2.75, 3.05) is 25.7 Å². The molecule has 0 saturated carbocycles. The molecule has 1 N–H and O–H groups in total. The standard InChI is InChI=1S/C27H24ClN3O5S2/c1-31(2)27(33)25-21(24-22(10-7-11-29-24)36-16-17-8-5-4-6-9-17)15-23(37-25)26(32)30-19-12-18(28)13-20(14-19)38(3,34)35/h4-15H,16H2,1-3H3,(H,30,32). The molecule has 2 aromatic carbocycles. The van der Waals surface area contributed by atoms with Crippen LogP contribution in [0.15, 0.2) is 77.8 Å². The van der Waals surface area contributed by atoms with Gasteiger partial charge in [0.1, 0.15) is 22.9 Å². The van der Waals surface area contributed by atoms with E-state index in [4.69, 9.17) is 16.3 Å². The van der Waals surface area contributed by atoms with Gasteiger partial charge >= 0.3 is 0 Å². The maximum Gasteiger partial charge on any atom is 0.265 e. The summed E-state index contributed by atoms with van der Waals surface area (Å²) in [6.45, 7) is 0.297. The molecular formula is C27H24ClN3O5S2. The van der Waals surface area contributed by atoms with Gasteiger partial charge < -0.3 is 15.0 Å². The van der Waals surface area contributed by atoms with Crippen molar-refractivity contribution in [3.63, 3.8) is 0 Å². The minimum Gasteiger partial charge on any atom is -0.487 e. The highest BCUT2D eigenvalue weighted by Gasteiger charge is 2.25. The molecule has 0 aliphatic carbocycles. The van der Waals surface area contributed by atoms with Crippen LogP contribution in [0.4, 0.5) is 5.69 Å². The zero-order chi connectivity index (χ0) is 27.4. The van der Waals surface area contributed by atoms with Crippen LogP contribution in [0.5, 0.6) is 5.75 Å². The number of anilines is 1. The Morgan fingerprint density at radius 1 is 1.05 bits per heavy atom. The molecule has 2 heterocycles. The van der Waals surface area contributed by atoms with Gasteiger partial charge in [-0.25, -0.2) is 8.42 Å². The van der Waals surface area contributed by atoms with Gasteiger partial charge in [-0.3, -0.25) is 14.6 Å². The van der Waals surface area contributed by atoms with E-state index in [9.17, 15) is 18.0 Å². The number of pyridine rings is 1. The highest BCUT2D eigenvalue weighted by atomic mass is 35.5. The van der Waals surface area contributed by atoms with E-state index in [1.54, 1.807) is 38.5 Å². The number of rotatable bonds is 8. The second kappa shape index (κ2) is 11.3. The van der Waals surface area contributed by atoms with Crippen LogP contribution in [0.1, 0.15) is 24.9 Å². The Balaban J connectivity index is 1.70. The van der Waals surface area contributed by atoms with Gasteiger partial charge in [0.2, 0.25) is 0 Å². The number of amides is 2. The second-order valence-electron chi connectivity index (χ2n) is 8.58. The summed E-state index contributed by atoms with van der Waals surface area (Å²) in [6.07, 6.45) is 2.64. The number of hydrogen-bond donors (Lipinski definition) is 1. The molecular weight excluding hydrogens is 546 g/mol. The lowest BCUT2D eigenvalue weighted by molar-refractivity contribution is 0.0832. The van der Waals surface area contributed by atoms with Gasteiger partial charge in [-0.05, 0) is 42.0 Å². The number of ether oxygens (including phenoxy) is 1. The summed E-state index contributed by atoms with van der Waals surface area (Å²) < 4.78 is 30.0. The molecule has 0 bridgehead atoms. The summed E-state index contributed by atoms with van der Waals surface area (Å²) in [5.41, 5.74) is 2.05. The second-order valence-corrected chi connectivity index (χ2v) is 12.1. The first kappa shape index (κ1) is 27.3. The number of thiophene rings is 1. The number of aromatic nitrogens is 1. The molecule has 2 aromatic heterocycles. The predicted octanol–water partition coefficient (Wildman–Crippen LogP) is 5.40. The van der Waals surface area contributed by atoms with Gasteiger partial charge in [0.15, 0.2) is 9.84 Å². The Hall–Kier alpha value is -3.73. The summed E-state index contributed by atoms with van der Waals surface area (Å²) in [4.78, 5) is 32.7. The van der Waals surface area contributed by atoms with E-state index in [1.807, 2.05) is 30.3 Å². The summed E-state index contributed by atoms with van der Waals surface area (Å²) in [5, 5.41) is 2.84. The van der Waals surface area contributed by atoms with Crippen molar-refractivity contribution in [1.82, 2.24) is 9.88 Å². The van der Waals surface area contributed by atoms with Crippen molar-refractivity contribution in [2.45, 2.75) is 11.5 Å². The number of benzene rings is 2. The van der Waals surface area contributed by atoms with Gasteiger partial charge in [0, 0.05) is 42.8 Å². The Morgan fingerprint density at radius 2 is 1.79 bits per heavy atom. The lowest BCUT2D eigenvalue weighted by Gasteiger charge is -2.13. The third-order valence-corrected chi connectivity index (χ3v) is 7.81. The maximum absolute atomic E-state index is 13.2. The van der Waals surface area contributed by atoms with Crippen LogP contribution >= 0.6 is 22.9 Å². The van der Waals surface area contributed by atoms with Gasteiger partial charge in [-0.1, -0.05) is 41.9 Å². The number of halogens is 1. The van der Waals surface area contributed by atoms with E-state index in [-0.39, 0.29) is 26.4 Å². The third kappa shape index (κ3) is 6.39. The van der Waals surface area contributed by atoms with Crippen molar-refractivity contribution >= 4 is 50.3 Å². The number of carbonyl (C=O) groups is 2. The Labute approximate surface area is 229 Å². The quantitative estimate of drug-likeness (QED) is 0.304. The molecule has 4 rings (SSSR count). The molecule has 0 spiro atoms. The first-order valence-corrected chi connectivity index (χ1v) is 14.4. The van der Waals surface area contributed by atoms with Crippen LogP contribution in [0.3, 0.4) is 0 Å². The first-order valence-electron chi connectivity index (χ1n) is 11.3. The average Bonchev–Trinajstić information content (AvgIpc) is 3.32. The molecule has 38 heavy (non-hydrogen) atoms. The molecule has 11 heteroatoms. The normalized spacial score (nSPS) is 11.2. The highest BCUT2D eigenvalue weighted by molar-refractivity contribution is 7.90. The minimum absolute atomic E-state index is 0.0238. The molecule has 8 nitrogen and oxygen atoms in total. The fourth-order valence-corrected chi connectivity index (χ4v) is 5.58. The van der Waals surface area contributed by atoms with Crippen molar-refractivity contribution in [1.29, 1.82) is 0 Å². The number of hydrogen-bond acceptors (Lipinski definition) is 7. The molecule has 0 saturated heterocycles. The largest absolute Gasteiger partial charge is 0.487 e. The molecule has 0 atom stereocenters. The number of nitrogens with zero attached hydrogens (tertiary/aromatic N) is 2. The van der Waals surface area contributed by atoms with E-state index in [2.05, 4.69) is 10.3 Å². The molecule has 0 fully saturated rings. The number of carbonyl (C=O) groups excluding carboxylic acids is 2. The van der Waals surface area contributed by atoms with E-state index in [1.165, 1.54) is 23.1 Å². The fraction of sp³-hybridized carbons (Fsp3) is 0.148. The van der Waals surface area contributed by atoms with Crippen molar-refractivity contribution < 1.29 is 22.7 Å². The van der Waals surface area contributed by atoms with Gasteiger partial charge in [-0.15, -0.1) is 11.3 Å². The van der Waals surface area contributed by atoms with Crippen LogP contribution < -0.4 is 10.1 Å². The van der Waals surface area contributed by atoms with Gasteiger partial charge in [0.05, 0.1) is 9.77 Å². The Kier molecular flexibility index (Phi) is 8.15. The van der Waals surface area contributed by atoms with Crippen LogP contribution in [0.25, 0.3) is 11.3 Å². The SMILES string of the molecule is CN(C)C(=O)c1sc(C(=O)Nc2cc(Cl)cc(S(C)(=O)=O)c2)cc1-c1ncccc1OCc1ccccc1. The third-order valence-electron chi connectivity index (χ3n) is 5.38. The van der Waals surface area contributed by atoms with Crippen molar-refractivity contribution in [3.05, 3.63) is 93.3 Å². The summed E-state index contributed by atoms with van der Waals surface area (Å²) in [7, 11) is -0.302. The summed E-state index contributed by atoms with van der Waals surface area (Å²) in [6, 6.07) is 18.8. The predicted molar refractivity (Wildman–Crippen MR) is 149 cm³/mol.